The molecule has 1 aliphatic heterocycles. The van der Waals surface area contributed by atoms with Crippen LogP contribution in [0.2, 0.25) is 0 Å². The molecule has 1 atom stereocenters. The van der Waals surface area contributed by atoms with E-state index in [1.807, 2.05) is 30.3 Å². The first-order chi connectivity index (χ1) is 14.4. The zero-order chi connectivity index (χ0) is 21.6. The maximum absolute atomic E-state index is 12.6. The summed E-state index contributed by atoms with van der Waals surface area (Å²) < 4.78 is 34.4. The molecule has 0 bridgehead atoms. The highest BCUT2D eigenvalue weighted by molar-refractivity contribution is 7.91. The van der Waals surface area contributed by atoms with Gasteiger partial charge in [-0.2, -0.15) is 0 Å². The van der Waals surface area contributed by atoms with Crippen molar-refractivity contribution in [3.05, 3.63) is 65.7 Å². The summed E-state index contributed by atoms with van der Waals surface area (Å²) in [6.45, 7) is 1.89. The lowest BCUT2D eigenvalue weighted by Crippen LogP contribution is -2.43. The van der Waals surface area contributed by atoms with Gasteiger partial charge in [0.05, 0.1) is 17.1 Å². The molecule has 0 aromatic heterocycles. The molecule has 0 saturated carbocycles. The first-order valence-electron chi connectivity index (χ1n) is 9.82. The molecule has 1 amide bonds. The highest BCUT2D eigenvalue weighted by Gasteiger charge is 2.34. The van der Waals surface area contributed by atoms with Crippen LogP contribution in [0, 0.1) is 0 Å². The Labute approximate surface area is 176 Å². The summed E-state index contributed by atoms with van der Waals surface area (Å²) in [6.07, 6.45) is 0.412. The van der Waals surface area contributed by atoms with Crippen LogP contribution in [0.25, 0.3) is 0 Å². The van der Waals surface area contributed by atoms with Crippen molar-refractivity contribution in [2.75, 3.05) is 24.7 Å². The summed E-state index contributed by atoms with van der Waals surface area (Å²) in [5, 5.41) is 0. The molecule has 0 aliphatic carbocycles. The molecule has 30 heavy (non-hydrogen) atoms. The lowest BCUT2D eigenvalue weighted by Gasteiger charge is -2.26. The van der Waals surface area contributed by atoms with Crippen molar-refractivity contribution >= 4 is 21.7 Å². The average molecular weight is 432 g/mol. The second kappa shape index (κ2) is 9.75. The summed E-state index contributed by atoms with van der Waals surface area (Å²) in [5.74, 6) is -0.298. The van der Waals surface area contributed by atoms with Crippen molar-refractivity contribution in [3.8, 4) is 5.75 Å². The Morgan fingerprint density at radius 2 is 1.77 bits per heavy atom. The van der Waals surface area contributed by atoms with Crippen LogP contribution in [-0.2, 0) is 26.0 Å². The van der Waals surface area contributed by atoms with Crippen LogP contribution >= 0.6 is 0 Å². The zero-order valence-electron chi connectivity index (χ0n) is 16.8. The van der Waals surface area contributed by atoms with Crippen molar-refractivity contribution in [2.24, 2.45) is 0 Å². The molecule has 0 radical (unpaired) electrons. The van der Waals surface area contributed by atoms with E-state index in [1.165, 1.54) is 4.90 Å². The molecule has 160 valence electrons. The Hall–Kier alpha value is -2.87. The van der Waals surface area contributed by atoms with Gasteiger partial charge in [0.1, 0.15) is 12.4 Å². The number of rotatable bonds is 8. The summed E-state index contributed by atoms with van der Waals surface area (Å²) in [4.78, 5) is 26.6. The van der Waals surface area contributed by atoms with Gasteiger partial charge in [0, 0.05) is 18.2 Å². The Balaban J connectivity index is 1.60. The predicted octanol–water partition coefficient (Wildman–Crippen LogP) is 2.46. The fraction of sp³-hybridized carbons (Fsp3) is 0.364. The van der Waals surface area contributed by atoms with Crippen molar-refractivity contribution in [1.29, 1.82) is 0 Å². The van der Waals surface area contributed by atoms with E-state index in [9.17, 15) is 18.0 Å². The number of para-hydroxylation sites is 1. The Morgan fingerprint density at radius 3 is 2.43 bits per heavy atom. The minimum absolute atomic E-state index is 0.0415. The normalized spacial score (nSPS) is 17.3. The summed E-state index contributed by atoms with van der Waals surface area (Å²) in [6, 6.07) is 15.8. The lowest BCUT2D eigenvalue weighted by atomic mass is 10.1. The fourth-order valence-electron chi connectivity index (χ4n) is 3.47. The number of benzene rings is 2. The second-order valence-corrected chi connectivity index (χ2v) is 9.30. The summed E-state index contributed by atoms with van der Waals surface area (Å²) in [7, 11) is -3.11. The molecule has 1 fully saturated rings. The molecule has 0 N–H and O–H groups in total. The quantitative estimate of drug-likeness (QED) is 0.597. The highest BCUT2D eigenvalue weighted by atomic mass is 32.2. The maximum Gasteiger partial charge on any atom is 0.339 e. The van der Waals surface area contributed by atoms with Gasteiger partial charge in [-0.15, -0.1) is 0 Å². The number of hydrogen-bond acceptors (Lipinski definition) is 6. The number of carbonyl (C=O) groups excluding carboxylic acids is 2. The van der Waals surface area contributed by atoms with Crippen LogP contribution in [0.5, 0.6) is 5.75 Å². The van der Waals surface area contributed by atoms with Gasteiger partial charge in [-0.25, -0.2) is 13.2 Å². The average Bonchev–Trinajstić information content (AvgIpc) is 3.11. The number of nitrogens with zero attached hydrogens (tertiary/aromatic N) is 1. The lowest BCUT2D eigenvalue weighted by molar-refractivity contribution is -0.136. The van der Waals surface area contributed by atoms with Gasteiger partial charge >= 0.3 is 5.97 Å². The van der Waals surface area contributed by atoms with Crippen molar-refractivity contribution in [1.82, 2.24) is 4.90 Å². The molecule has 1 heterocycles. The van der Waals surface area contributed by atoms with Crippen molar-refractivity contribution in [3.63, 3.8) is 0 Å². The van der Waals surface area contributed by atoms with Gasteiger partial charge in [0.15, 0.2) is 16.4 Å². The van der Waals surface area contributed by atoms with E-state index in [0.717, 1.165) is 0 Å². The van der Waals surface area contributed by atoms with E-state index in [0.29, 0.717) is 29.8 Å². The predicted molar refractivity (Wildman–Crippen MR) is 112 cm³/mol. The number of esters is 1. The van der Waals surface area contributed by atoms with Crippen LogP contribution < -0.4 is 4.74 Å². The Kier molecular flexibility index (Phi) is 7.10. The topological polar surface area (TPSA) is 90.0 Å². The third-order valence-electron chi connectivity index (χ3n) is 5.01. The largest absolute Gasteiger partial charge is 0.489 e. The molecular weight excluding hydrogens is 406 g/mol. The van der Waals surface area contributed by atoms with E-state index in [1.54, 1.807) is 31.2 Å². The molecule has 3 rings (SSSR count). The number of hydrogen-bond donors (Lipinski definition) is 0. The van der Waals surface area contributed by atoms with Gasteiger partial charge in [-0.3, -0.25) is 4.79 Å². The van der Waals surface area contributed by atoms with Crippen LogP contribution in [0.15, 0.2) is 54.6 Å². The van der Waals surface area contributed by atoms with Crippen molar-refractivity contribution < 1.29 is 27.5 Å². The monoisotopic (exact) mass is 431 g/mol. The third kappa shape index (κ3) is 5.60. The SMILES string of the molecule is CCN(C(=O)COC(=O)c1ccccc1COc1ccccc1)C1CCS(=O)(=O)C1. The summed E-state index contributed by atoms with van der Waals surface area (Å²) >= 11 is 0. The van der Waals surface area contributed by atoms with Gasteiger partial charge in [0.25, 0.3) is 5.91 Å². The highest BCUT2D eigenvalue weighted by Crippen LogP contribution is 2.19. The van der Waals surface area contributed by atoms with Gasteiger partial charge < -0.3 is 14.4 Å². The Bertz CT molecular complexity index is 990. The minimum atomic E-state index is -3.11. The second-order valence-electron chi connectivity index (χ2n) is 7.07. The molecule has 8 heteroatoms. The Morgan fingerprint density at radius 1 is 1.07 bits per heavy atom. The standard InChI is InChI=1S/C22H25NO6S/c1-2-23(18-12-13-30(26,27)16-18)21(24)15-29-22(25)20-11-7-6-8-17(20)14-28-19-9-4-3-5-10-19/h3-11,18H,2,12-16H2,1H3. The third-order valence-corrected chi connectivity index (χ3v) is 6.76. The number of ether oxygens (including phenoxy) is 2. The van der Waals surface area contributed by atoms with E-state index in [4.69, 9.17) is 9.47 Å². The molecular formula is C22H25NO6S. The van der Waals surface area contributed by atoms with E-state index >= 15 is 0 Å². The molecule has 1 saturated heterocycles. The molecule has 1 aliphatic rings. The molecule has 1 unspecified atom stereocenters. The minimum Gasteiger partial charge on any atom is -0.489 e. The molecule has 2 aromatic rings. The maximum atomic E-state index is 12.6. The van der Waals surface area contributed by atoms with Crippen molar-refractivity contribution in [2.45, 2.75) is 26.0 Å². The van der Waals surface area contributed by atoms with E-state index < -0.39 is 28.3 Å². The molecule has 2 aromatic carbocycles. The van der Waals surface area contributed by atoms with Crippen LogP contribution in [0.3, 0.4) is 0 Å². The van der Waals surface area contributed by atoms with E-state index in [-0.39, 0.29) is 24.2 Å². The molecule has 7 nitrogen and oxygen atoms in total. The van der Waals surface area contributed by atoms with Gasteiger partial charge in [0.2, 0.25) is 0 Å². The molecule has 0 spiro atoms. The fourth-order valence-corrected chi connectivity index (χ4v) is 5.20. The van der Waals surface area contributed by atoms with Crippen LogP contribution in [0.1, 0.15) is 29.3 Å². The zero-order valence-corrected chi connectivity index (χ0v) is 17.6. The summed E-state index contributed by atoms with van der Waals surface area (Å²) in [5.41, 5.74) is 0.973. The number of amides is 1. The number of likely N-dealkylation sites (N-methyl/N-ethyl adjacent to an activating group) is 1. The van der Waals surface area contributed by atoms with Gasteiger partial charge in [-0.1, -0.05) is 36.4 Å². The first kappa shape index (κ1) is 21.8. The number of carbonyl (C=O) groups is 2. The van der Waals surface area contributed by atoms with Crippen LogP contribution in [-0.4, -0.2) is 55.9 Å². The van der Waals surface area contributed by atoms with E-state index in [2.05, 4.69) is 0 Å². The number of sulfone groups is 1. The van der Waals surface area contributed by atoms with Crippen LogP contribution in [0.4, 0.5) is 0 Å². The van der Waals surface area contributed by atoms with Gasteiger partial charge in [-0.05, 0) is 31.5 Å². The smallest absolute Gasteiger partial charge is 0.339 e. The first-order valence-corrected chi connectivity index (χ1v) is 11.6.